The van der Waals surface area contributed by atoms with Crippen LogP contribution >= 0.6 is 12.4 Å². The van der Waals surface area contributed by atoms with E-state index in [1.165, 1.54) is 0 Å². The maximum absolute atomic E-state index is 12.5. The lowest BCUT2D eigenvalue weighted by molar-refractivity contribution is -0.134. The molecule has 2 atom stereocenters. The van der Waals surface area contributed by atoms with Crippen molar-refractivity contribution in [2.45, 2.75) is 19.4 Å². The van der Waals surface area contributed by atoms with Gasteiger partial charge in [-0.25, -0.2) is 0 Å². The van der Waals surface area contributed by atoms with Crippen molar-refractivity contribution < 1.29 is 4.79 Å². The minimum Gasteiger partial charge on any atom is -0.345 e. The van der Waals surface area contributed by atoms with Crippen LogP contribution in [-0.2, 0) is 11.2 Å². The van der Waals surface area contributed by atoms with Crippen molar-refractivity contribution in [3.63, 3.8) is 0 Å². The fourth-order valence-electron chi connectivity index (χ4n) is 2.40. The lowest BCUT2D eigenvalue weighted by Crippen LogP contribution is -2.38. The average molecular weight is 334 g/mol. The van der Waals surface area contributed by atoms with E-state index >= 15 is 0 Å². The Bertz CT molecular complexity index is 592. The van der Waals surface area contributed by atoms with E-state index in [4.69, 9.17) is 5.73 Å². The van der Waals surface area contributed by atoms with E-state index in [1.54, 1.807) is 11.1 Å². The number of pyridine rings is 1. The van der Waals surface area contributed by atoms with Crippen LogP contribution in [0.4, 0.5) is 0 Å². The summed E-state index contributed by atoms with van der Waals surface area (Å²) in [7, 11) is 1.82. The molecule has 0 bridgehead atoms. The van der Waals surface area contributed by atoms with E-state index in [2.05, 4.69) is 4.98 Å². The molecular weight excluding hydrogens is 310 g/mol. The molecule has 2 aromatic rings. The molecular formula is C18H24ClN3O. The van der Waals surface area contributed by atoms with Crippen molar-refractivity contribution >= 4 is 18.3 Å². The molecule has 0 radical (unpaired) electrons. The summed E-state index contributed by atoms with van der Waals surface area (Å²) in [6.07, 6.45) is 2.52. The number of hydrogen-bond donors (Lipinski definition) is 1. The van der Waals surface area contributed by atoms with E-state index < -0.39 is 0 Å². The highest BCUT2D eigenvalue weighted by Crippen LogP contribution is 2.20. The molecule has 0 aliphatic rings. The van der Waals surface area contributed by atoms with Gasteiger partial charge < -0.3 is 10.6 Å². The van der Waals surface area contributed by atoms with Crippen molar-refractivity contribution in [3.05, 3.63) is 66.0 Å². The number of hydrogen-bond acceptors (Lipinski definition) is 3. The predicted molar refractivity (Wildman–Crippen MR) is 95.4 cm³/mol. The fraction of sp³-hybridized carbons (Fsp3) is 0.333. The van der Waals surface area contributed by atoms with Crippen LogP contribution in [-0.4, -0.2) is 29.4 Å². The molecule has 0 aliphatic carbocycles. The molecule has 2 rings (SSSR count). The van der Waals surface area contributed by atoms with Crippen molar-refractivity contribution in [1.82, 2.24) is 9.88 Å². The van der Waals surface area contributed by atoms with Gasteiger partial charge in [-0.2, -0.15) is 0 Å². The first-order valence-electron chi connectivity index (χ1n) is 7.55. The number of nitrogens with zero attached hydrogens (tertiary/aromatic N) is 2. The Morgan fingerprint density at radius 1 is 1.17 bits per heavy atom. The zero-order valence-corrected chi connectivity index (χ0v) is 14.4. The molecule has 5 heteroatoms. The number of carbonyl (C=O) groups is 1. The van der Waals surface area contributed by atoms with E-state index in [0.29, 0.717) is 6.54 Å². The summed E-state index contributed by atoms with van der Waals surface area (Å²) in [4.78, 5) is 18.5. The fourth-order valence-corrected chi connectivity index (χ4v) is 2.40. The van der Waals surface area contributed by atoms with E-state index in [0.717, 1.165) is 17.7 Å². The third kappa shape index (κ3) is 5.34. The summed E-state index contributed by atoms with van der Waals surface area (Å²) >= 11 is 0. The Labute approximate surface area is 144 Å². The second-order valence-corrected chi connectivity index (χ2v) is 5.56. The largest absolute Gasteiger partial charge is 0.345 e. The molecule has 124 valence electrons. The van der Waals surface area contributed by atoms with Crippen LogP contribution in [0.5, 0.6) is 0 Å². The summed E-state index contributed by atoms with van der Waals surface area (Å²) in [5.74, 6) is -0.191. The third-order valence-electron chi connectivity index (χ3n) is 3.92. The van der Waals surface area contributed by atoms with E-state index in [9.17, 15) is 4.79 Å². The van der Waals surface area contributed by atoms with Crippen molar-refractivity contribution in [2.24, 2.45) is 11.7 Å². The van der Waals surface area contributed by atoms with Gasteiger partial charge in [-0.05, 0) is 17.7 Å². The zero-order chi connectivity index (χ0) is 15.9. The monoisotopic (exact) mass is 333 g/mol. The van der Waals surface area contributed by atoms with Gasteiger partial charge >= 0.3 is 0 Å². The standard InChI is InChI=1S/C18H23N3O.ClH/c1-14(17(19)15-8-4-3-5-9-15)18(22)21(2)13-11-16-10-6-7-12-20-16;/h3-10,12,14,17H,11,13,19H2,1-2H3;1H. The van der Waals surface area contributed by atoms with E-state index in [1.807, 2.05) is 62.5 Å². The summed E-state index contributed by atoms with van der Waals surface area (Å²) in [6, 6.07) is 15.3. The first-order chi connectivity index (χ1) is 10.6. The highest BCUT2D eigenvalue weighted by atomic mass is 35.5. The topological polar surface area (TPSA) is 59.2 Å². The van der Waals surface area contributed by atoms with Gasteiger partial charge in [-0.15, -0.1) is 12.4 Å². The third-order valence-corrected chi connectivity index (χ3v) is 3.92. The second kappa shape index (κ2) is 9.28. The number of benzene rings is 1. The van der Waals surface area contributed by atoms with Crippen LogP contribution in [0.1, 0.15) is 24.2 Å². The molecule has 1 aromatic heterocycles. The zero-order valence-electron chi connectivity index (χ0n) is 13.6. The summed E-state index contributed by atoms with van der Waals surface area (Å²) < 4.78 is 0. The number of aromatic nitrogens is 1. The average Bonchev–Trinajstić information content (AvgIpc) is 2.59. The molecule has 1 amide bonds. The summed E-state index contributed by atoms with van der Waals surface area (Å²) in [5, 5.41) is 0. The number of likely N-dealkylation sites (N-methyl/N-ethyl adjacent to an activating group) is 1. The molecule has 1 heterocycles. The molecule has 0 aliphatic heterocycles. The molecule has 4 nitrogen and oxygen atoms in total. The SMILES string of the molecule is CC(C(=O)N(C)CCc1ccccn1)C(N)c1ccccc1.Cl. The van der Waals surface area contributed by atoms with Gasteiger partial charge in [0.2, 0.25) is 5.91 Å². The van der Waals surface area contributed by atoms with Gasteiger partial charge in [0.15, 0.2) is 0 Å². The van der Waals surface area contributed by atoms with Crippen molar-refractivity contribution in [1.29, 1.82) is 0 Å². The minimum atomic E-state index is -0.286. The van der Waals surface area contributed by atoms with Crippen LogP contribution in [0.25, 0.3) is 0 Å². The lowest BCUT2D eigenvalue weighted by atomic mass is 9.94. The number of carbonyl (C=O) groups excluding carboxylic acids is 1. The van der Waals surface area contributed by atoms with Gasteiger partial charge in [0, 0.05) is 37.9 Å². The maximum atomic E-state index is 12.5. The van der Waals surface area contributed by atoms with Gasteiger partial charge in [0.25, 0.3) is 0 Å². The number of nitrogens with two attached hydrogens (primary N) is 1. The summed E-state index contributed by atoms with van der Waals surface area (Å²) in [6.45, 7) is 2.53. The van der Waals surface area contributed by atoms with Crippen LogP contribution in [0.3, 0.4) is 0 Å². The highest BCUT2D eigenvalue weighted by Gasteiger charge is 2.24. The van der Waals surface area contributed by atoms with Gasteiger partial charge in [0.05, 0.1) is 5.92 Å². The second-order valence-electron chi connectivity index (χ2n) is 5.56. The predicted octanol–water partition coefficient (Wildman–Crippen LogP) is 2.84. The quantitative estimate of drug-likeness (QED) is 0.884. The van der Waals surface area contributed by atoms with Gasteiger partial charge in [0.1, 0.15) is 0 Å². The Hall–Kier alpha value is -1.91. The van der Waals surface area contributed by atoms with E-state index in [-0.39, 0.29) is 30.3 Å². The first-order valence-corrected chi connectivity index (χ1v) is 7.55. The van der Waals surface area contributed by atoms with Gasteiger partial charge in [-0.1, -0.05) is 43.3 Å². The molecule has 0 saturated heterocycles. The number of rotatable bonds is 6. The maximum Gasteiger partial charge on any atom is 0.227 e. The van der Waals surface area contributed by atoms with Crippen molar-refractivity contribution in [2.75, 3.05) is 13.6 Å². The van der Waals surface area contributed by atoms with Gasteiger partial charge in [-0.3, -0.25) is 9.78 Å². The molecule has 2 unspecified atom stereocenters. The molecule has 2 N–H and O–H groups in total. The Morgan fingerprint density at radius 3 is 2.43 bits per heavy atom. The summed E-state index contributed by atoms with van der Waals surface area (Å²) in [5.41, 5.74) is 8.20. The lowest BCUT2D eigenvalue weighted by Gasteiger charge is -2.25. The molecule has 1 aromatic carbocycles. The Balaban J connectivity index is 0.00000264. The highest BCUT2D eigenvalue weighted by molar-refractivity contribution is 5.85. The molecule has 0 saturated carbocycles. The molecule has 0 spiro atoms. The smallest absolute Gasteiger partial charge is 0.227 e. The van der Waals surface area contributed by atoms with Crippen LogP contribution in [0, 0.1) is 5.92 Å². The van der Waals surface area contributed by atoms with Crippen molar-refractivity contribution in [3.8, 4) is 0 Å². The Kier molecular flexibility index (Phi) is 7.72. The Morgan fingerprint density at radius 2 is 1.83 bits per heavy atom. The number of amides is 1. The van der Waals surface area contributed by atoms with Crippen LogP contribution in [0.2, 0.25) is 0 Å². The molecule has 0 fully saturated rings. The first kappa shape index (κ1) is 19.1. The van der Waals surface area contributed by atoms with Crippen LogP contribution < -0.4 is 5.73 Å². The normalized spacial score (nSPS) is 12.8. The number of halogens is 1. The molecule has 23 heavy (non-hydrogen) atoms. The minimum absolute atomic E-state index is 0. The van der Waals surface area contributed by atoms with Crippen LogP contribution in [0.15, 0.2) is 54.7 Å².